The van der Waals surface area contributed by atoms with Gasteiger partial charge in [0.2, 0.25) is 5.88 Å². The number of anilines is 1. The Hall–Kier alpha value is -1.67. The van der Waals surface area contributed by atoms with Crippen molar-refractivity contribution in [2.45, 2.75) is 11.8 Å². The van der Waals surface area contributed by atoms with E-state index in [0.29, 0.717) is 6.61 Å². The number of nitrogens with zero attached hydrogens (tertiary/aromatic N) is 1. The minimum absolute atomic E-state index is 0.168. The number of hydrogen-bond acceptors (Lipinski definition) is 4. The number of halogens is 2. The number of sulfonamides is 1. The molecule has 1 aromatic heterocycles. The molecule has 0 amide bonds. The molecule has 0 spiro atoms. The molecule has 0 saturated heterocycles. The number of hydrogen-bond donors (Lipinski definition) is 1. The molecule has 0 atom stereocenters. The molecule has 2 rings (SSSR count). The van der Waals surface area contributed by atoms with E-state index in [1.807, 2.05) is 0 Å². The molecular weight excluding hydrogens is 363 g/mol. The highest BCUT2D eigenvalue weighted by molar-refractivity contribution is 9.10. The lowest BCUT2D eigenvalue weighted by molar-refractivity contribution is 0.329. The van der Waals surface area contributed by atoms with E-state index < -0.39 is 15.8 Å². The lowest BCUT2D eigenvalue weighted by Crippen LogP contribution is -2.14. The Labute approximate surface area is 130 Å². The van der Waals surface area contributed by atoms with Gasteiger partial charge in [0, 0.05) is 6.20 Å². The molecule has 0 bridgehead atoms. The summed E-state index contributed by atoms with van der Waals surface area (Å²) < 4.78 is 45.7. The van der Waals surface area contributed by atoms with Gasteiger partial charge in [-0.05, 0) is 53.2 Å². The van der Waals surface area contributed by atoms with Gasteiger partial charge >= 0.3 is 0 Å². The van der Waals surface area contributed by atoms with E-state index in [1.54, 1.807) is 13.0 Å². The smallest absolute Gasteiger partial charge is 0.262 e. The van der Waals surface area contributed by atoms with Crippen molar-refractivity contribution in [3.05, 3.63) is 46.8 Å². The number of aromatic nitrogens is 1. The van der Waals surface area contributed by atoms with Crippen LogP contribution in [0.15, 0.2) is 45.9 Å². The van der Waals surface area contributed by atoms with Crippen LogP contribution in [-0.2, 0) is 10.0 Å². The summed E-state index contributed by atoms with van der Waals surface area (Å²) in [5, 5.41) is 0. The highest BCUT2D eigenvalue weighted by Gasteiger charge is 2.18. The van der Waals surface area contributed by atoms with Crippen LogP contribution in [0.3, 0.4) is 0 Å². The van der Waals surface area contributed by atoms with Crippen molar-refractivity contribution in [1.29, 1.82) is 0 Å². The third-order valence-corrected chi connectivity index (χ3v) is 4.50. The Morgan fingerprint density at radius 2 is 2.14 bits per heavy atom. The van der Waals surface area contributed by atoms with Gasteiger partial charge in [-0.2, -0.15) is 0 Å². The SMILES string of the molecule is CCOc1ncccc1NS(=O)(=O)c1ccc(Br)c(F)c1. The number of ether oxygens (including phenoxy) is 1. The molecule has 2 aromatic rings. The van der Waals surface area contributed by atoms with Gasteiger partial charge in [0.1, 0.15) is 11.5 Å². The summed E-state index contributed by atoms with van der Waals surface area (Å²) in [5.74, 6) is -0.491. The molecule has 1 aromatic carbocycles. The van der Waals surface area contributed by atoms with Crippen LogP contribution in [-0.4, -0.2) is 20.0 Å². The number of rotatable bonds is 5. The van der Waals surface area contributed by atoms with Crippen molar-refractivity contribution in [3.63, 3.8) is 0 Å². The van der Waals surface area contributed by atoms with Crippen LogP contribution in [0.5, 0.6) is 5.88 Å². The third kappa shape index (κ3) is 3.70. The summed E-state index contributed by atoms with van der Waals surface area (Å²) in [4.78, 5) is 3.76. The van der Waals surface area contributed by atoms with Gasteiger partial charge in [0.05, 0.1) is 16.0 Å². The van der Waals surface area contributed by atoms with E-state index in [2.05, 4.69) is 25.6 Å². The lowest BCUT2D eigenvalue weighted by atomic mass is 10.3. The van der Waals surface area contributed by atoms with Gasteiger partial charge in [-0.3, -0.25) is 4.72 Å². The van der Waals surface area contributed by atoms with Crippen molar-refractivity contribution in [1.82, 2.24) is 4.98 Å². The Balaban J connectivity index is 2.35. The average Bonchev–Trinajstić information content (AvgIpc) is 2.44. The second-order valence-corrected chi connectivity index (χ2v) is 6.51. The maximum Gasteiger partial charge on any atom is 0.262 e. The van der Waals surface area contributed by atoms with Gasteiger partial charge < -0.3 is 4.74 Å². The first-order chi connectivity index (χ1) is 9.94. The van der Waals surface area contributed by atoms with Crippen LogP contribution in [0.25, 0.3) is 0 Å². The largest absolute Gasteiger partial charge is 0.476 e. The van der Waals surface area contributed by atoms with Gasteiger partial charge in [-0.25, -0.2) is 17.8 Å². The highest BCUT2D eigenvalue weighted by atomic mass is 79.9. The first-order valence-electron chi connectivity index (χ1n) is 5.99. The van der Waals surface area contributed by atoms with Crippen molar-refractivity contribution in [2.24, 2.45) is 0 Å². The summed E-state index contributed by atoms with van der Waals surface area (Å²) >= 11 is 2.97. The monoisotopic (exact) mass is 374 g/mol. The molecular formula is C13H12BrFN2O3S. The Kier molecular flexibility index (Phi) is 4.79. The molecule has 1 N–H and O–H groups in total. The van der Waals surface area contributed by atoms with Crippen molar-refractivity contribution in [2.75, 3.05) is 11.3 Å². The van der Waals surface area contributed by atoms with Crippen molar-refractivity contribution < 1.29 is 17.5 Å². The normalized spacial score (nSPS) is 11.2. The lowest BCUT2D eigenvalue weighted by Gasteiger charge is -2.11. The third-order valence-electron chi connectivity index (χ3n) is 2.50. The standard InChI is InChI=1S/C13H12BrFN2O3S/c1-2-20-13-12(4-3-7-16-13)17-21(18,19)9-5-6-10(14)11(15)8-9/h3-8,17H,2H2,1H3. The van der Waals surface area contributed by atoms with Crippen LogP contribution in [0.2, 0.25) is 0 Å². The van der Waals surface area contributed by atoms with E-state index >= 15 is 0 Å². The maximum atomic E-state index is 13.5. The second kappa shape index (κ2) is 6.40. The quantitative estimate of drug-likeness (QED) is 0.872. The first-order valence-corrected chi connectivity index (χ1v) is 8.27. The van der Waals surface area contributed by atoms with Crippen LogP contribution < -0.4 is 9.46 Å². The Morgan fingerprint density at radius 3 is 2.81 bits per heavy atom. The highest BCUT2D eigenvalue weighted by Crippen LogP contribution is 2.25. The van der Waals surface area contributed by atoms with Crippen molar-refractivity contribution in [3.8, 4) is 5.88 Å². The fraction of sp³-hybridized carbons (Fsp3) is 0.154. The number of nitrogens with one attached hydrogen (secondary N) is 1. The van der Waals surface area contributed by atoms with Gasteiger partial charge in [0.15, 0.2) is 0 Å². The molecule has 0 fully saturated rings. The van der Waals surface area contributed by atoms with Gasteiger partial charge in [0.25, 0.3) is 10.0 Å². The molecule has 8 heteroatoms. The van der Waals surface area contributed by atoms with E-state index in [-0.39, 0.29) is 20.9 Å². The minimum Gasteiger partial charge on any atom is -0.476 e. The fourth-order valence-electron chi connectivity index (χ4n) is 1.57. The summed E-state index contributed by atoms with van der Waals surface area (Å²) in [6.07, 6.45) is 1.49. The molecule has 112 valence electrons. The van der Waals surface area contributed by atoms with Crippen LogP contribution in [0.4, 0.5) is 10.1 Å². The van der Waals surface area contributed by atoms with E-state index in [4.69, 9.17) is 4.74 Å². The second-order valence-electron chi connectivity index (χ2n) is 3.97. The van der Waals surface area contributed by atoms with E-state index in [1.165, 1.54) is 24.4 Å². The van der Waals surface area contributed by atoms with E-state index in [0.717, 1.165) is 6.07 Å². The summed E-state index contributed by atoms with van der Waals surface area (Å²) in [6, 6.07) is 6.65. The van der Waals surface area contributed by atoms with Crippen LogP contribution >= 0.6 is 15.9 Å². The summed E-state index contributed by atoms with van der Waals surface area (Å²) in [7, 11) is -3.92. The molecule has 0 saturated carbocycles. The summed E-state index contributed by atoms with van der Waals surface area (Å²) in [6.45, 7) is 2.11. The van der Waals surface area contributed by atoms with Crippen LogP contribution in [0, 0.1) is 5.82 Å². The average molecular weight is 375 g/mol. The molecule has 0 aliphatic carbocycles. The first kappa shape index (κ1) is 15.7. The molecule has 0 radical (unpaired) electrons. The minimum atomic E-state index is -3.92. The zero-order valence-corrected chi connectivity index (χ0v) is 13.4. The maximum absolute atomic E-state index is 13.5. The van der Waals surface area contributed by atoms with E-state index in [9.17, 15) is 12.8 Å². The zero-order chi connectivity index (χ0) is 15.5. The Morgan fingerprint density at radius 1 is 1.38 bits per heavy atom. The topological polar surface area (TPSA) is 68.3 Å². The predicted molar refractivity (Wildman–Crippen MR) is 80.3 cm³/mol. The molecule has 0 unspecified atom stereocenters. The van der Waals surface area contributed by atoms with Gasteiger partial charge in [-0.1, -0.05) is 0 Å². The van der Waals surface area contributed by atoms with Crippen LogP contribution in [0.1, 0.15) is 6.92 Å². The fourth-order valence-corrected chi connectivity index (χ4v) is 2.88. The van der Waals surface area contributed by atoms with Gasteiger partial charge in [-0.15, -0.1) is 0 Å². The summed E-state index contributed by atoms with van der Waals surface area (Å²) in [5.41, 5.74) is 0.197. The predicted octanol–water partition coefficient (Wildman–Crippen LogP) is 3.18. The number of pyridine rings is 1. The molecule has 0 aliphatic rings. The Bertz CT molecular complexity index is 753. The number of benzene rings is 1. The zero-order valence-electron chi connectivity index (χ0n) is 11.0. The van der Waals surface area contributed by atoms with Crippen molar-refractivity contribution >= 4 is 31.6 Å². The molecule has 5 nitrogen and oxygen atoms in total. The molecule has 0 aliphatic heterocycles. The molecule has 1 heterocycles. The molecule has 21 heavy (non-hydrogen) atoms.